The van der Waals surface area contributed by atoms with Crippen LogP contribution in [0.3, 0.4) is 0 Å². The van der Waals surface area contributed by atoms with Crippen LogP contribution in [0.5, 0.6) is 5.75 Å². The lowest BCUT2D eigenvalue weighted by Gasteiger charge is -2.09. The molecule has 0 fully saturated rings. The molecule has 1 rings (SSSR count). The minimum Gasteiger partial charge on any atom is -0.410 e. The molecule has 5 heteroatoms. The van der Waals surface area contributed by atoms with E-state index in [-0.39, 0.29) is 11.9 Å². The van der Waals surface area contributed by atoms with Crippen molar-refractivity contribution < 1.29 is 14.3 Å². The van der Waals surface area contributed by atoms with Gasteiger partial charge in [-0.15, -0.1) is 0 Å². The molecule has 0 saturated heterocycles. The number of hydrogen-bond donors (Lipinski definition) is 2. The summed E-state index contributed by atoms with van der Waals surface area (Å²) in [5, 5.41) is 5.11. The molecular weight excluding hydrogens is 220 g/mol. The first-order valence-corrected chi connectivity index (χ1v) is 5.33. The van der Waals surface area contributed by atoms with Crippen molar-refractivity contribution in [2.24, 2.45) is 0 Å². The Hall–Kier alpha value is -2.04. The van der Waals surface area contributed by atoms with Gasteiger partial charge in [0.15, 0.2) is 0 Å². The number of nitrogens with one attached hydrogen (secondary N) is 2. The Morgan fingerprint density at radius 1 is 1.18 bits per heavy atom. The topological polar surface area (TPSA) is 67.4 Å². The molecule has 0 atom stereocenters. The molecule has 0 radical (unpaired) electrons. The number of carbonyl (C=O) groups excluding carboxylic acids is 2. The monoisotopic (exact) mass is 236 g/mol. The van der Waals surface area contributed by atoms with Crippen molar-refractivity contribution in [3.63, 3.8) is 0 Å². The van der Waals surface area contributed by atoms with E-state index < -0.39 is 6.09 Å². The SMILES string of the molecule is CNC(=O)c1ccc(OC(=O)NC(C)C)cc1. The highest BCUT2D eigenvalue weighted by atomic mass is 16.6. The van der Waals surface area contributed by atoms with Crippen LogP contribution >= 0.6 is 0 Å². The largest absolute Gasteiger partial charge is 0.412 e. The van der Waals surface area contributed by atoms with E-state index in [0.29, 0.717) is 11.3 Å². The third kappa shape index (κ3) is 4.14. The van der Waals surface area contributed by atoms with E-state index in [1.165, 1.54) is 0 Å². The third-order valence-electron chi connectivity index (χ3n) is 1.96. The summed E-state index contributed by atoms with van der Waals surface area (Å²) < 4.78 is 5.01. The van der Waals surface area contributed by atoms with E-state index in [4.69, 9.17) is 4.74 Å². The molecule has 1 aromatic carbocycles. The Morgan fingerprint density at radius 2 is 1.76 bits per heavy atom. The Balaban J connectivity index is 2.62. The quantitative estimate of drug-likeness (QED) is 0.836. The first-order chi connectivity index (χ1) is 8.02. The van der Waals surface area contributed by atoms with Crippen molar-refractivity contribution in [2.45, 2.75) is 19.9 Å². The Kier molecular flexibility index (Phi) is 4.51. The highest BCUT2D eigenvalue weighted by Gasteiger charge is 2.07. The van der Waals surface area contributed by atoms with Gasteiger partial charge in [0.2, 0.25) is 0 Å². The van der Waals surface area contributed by atoms with Crippen LogP contribution in [0, 0.1) is 0 Å². The first-order valence-electron chi connectivity index (χ1n) is 5.33. The van der Waals surface area contributed by atoms with E-state index in [1.54, 1.807) is 31.3 Å². The maximum Gasteiger partial charge on any atom is 0.412 e. The fraction of sp³-hybridized carbons (Fsp3) is 0.333. The number of hydrogen-bond acceptors (Lipinski definition) is 3. The van der Waals surface area contributed by atoms with E-state index in [9.17, 15) is 9.59 Å². The molecule has 1 aromatic rings. The summed E-state index contributed by atoms with van der Waals surface area (Å²) >= 11 is 0. The van der Waals surface area contributed by atoms with Crippen LogP contribution in [0.1, 0.15) is 24.2 Å². The van der Waals surface area contributed by atoms with Crippen molar-refractivity contribution >= 4 is 12.0 Å². The lowest BCUT2D eigenvalue weighted by Crippen LogP contribution is -2.32. The average Bonchev–Trinajstić information content (AvgIpc) is 2.28. The van der Waals surface area contributed by atoms with E-state index in [0.717, 1.165) is 0 Å². The highest BCUT2D eigenvalue weighted by Crippen LogP contribution is 2.12. The first kappa shape index (κ1) is 13.0. The second-order valence-corrected chi connectivity index (χ2v) is 3.79. The maximum atomic E-state index is 11.3. The fourth-order valence-electron chi connectivity index (χ4n) is 1.19. The summed E-state index contributed by atoms with van der Waals surface area (Å²) in [6.45, 7) is 3.69. The van der Waals surface area contributed by atoms with Crippen molar-refractivity contribution in [1.29, 1.82) is 0 Å². The predicted octanol–water partition coefficient (Wildman–Crippen LogP) is 1.54. The van der Waals surface area contributed by atoms with Gasteiger partial charge >= 0.3 is 6.09 Å². The molecule has 17 heavy (non-hydrogen) atoms. The molecule has 0 aliphatic carbocycles. The second-order valence-electron chi connectivity index (χ2n) is 3.79. The lowest BCUT2D eigenvalue weighted by molar-refractivity contribution is 0.0963. The van der Waals surface area contributed by atoms with Crippen LogP contribution in [0.4, 0.5) is 4.79 Å². The Labute approximate surface area is 100 Å². The molecule has 0 aromatic heterocycles. The van der Waals surface area contributed by atoms with Gasteiger partial charge in [0.25, 0.3) is 5.91 Å². The van der Waals surface area contributed by atoms with Crippen LogP contribution in [0.25, 0.3) is 0 Å². The van der Waals surface area contributed by atoms with Crippen molar-refractivity contribution in [3.05, 3.63) is 29.8 Å². The predicted molar refractivity (Wildman–Crippen MR) is 64.1 cm³/mol. The van der Waals surface area contributed by atoms with Gasteiger partial charge in [0, 0.05) is 18.7 Å². The Morgan fingerprint density at radius 3 is 2.24 bits per heavy atom. The fourth-order valence-corrected chi connectivity index (χ4v) is 1.19. The normalized spacial score (nSPS) is 9.88. The molecule has 0 aliphatic rings. The summed E-state index contributed by atoms with van der Waals surface area (Å²) in [4.78, 5) is 22.5. The second kappa shape index (κ2) is 5.89. The van der Waals surface area contributed by atoms with Crippen molar-refractivity contribution in [2.75, 3.05) is 7.05 Å². The summed E-state index contributed by atoms with van der Waals surface area (Å²) in [5.41, 5.74) is 0.518. The summed E-state index contributed by atoms with van der Waals surface area (Å²) in [7, 11) is 1.56. The van der Waals surface area contributed by atoms with Crippen LogP contribution < -0.4 is 15.4 Å². The summed E-state index contributed by atoms with van der Waals surface area (Å²) in [6, 6.07) is 6.36. The van der Waals surface area contributed by atoms with Crippen LogP contribution in [0.2, 0.25) is 0 Å². The molecular formula is C12H16N2O3. The molecule has 0 spiro atoms. The standard InChI is InChI=1S/C12H16N2O3/c1-8(2)14-12(16)17-10-6-4-9(5-7-10)11(15)13-3/h4-8H,1-3H3,(H,13,15)(H,14,16). The van der Waals surface area contributed by atoms with Gasteiger partial charge in [-0.2, -0.15) is 0 Å². The van der Waals surface area contributed by atoms with E-state index in [1.807, 2.05) is 13.8 Å². The molecule has 0 aliphatic heterocycles. The molecule has 5 nitrogen and oxygen atoms in total. The van der Waals surface area contributed by atoms with Crippen LogP contribution in [0.15, 0.2) is 24.3 Å². The molecule has 2 amide bonds. The Bertz CT molecular complexity index is 399. The highest BCUT2D eigenvalue weighted by molar-refractivity contribution is 5.94. The number of benzene rings is 1. The molecule has 92 valence electrons. The smallest absolute Gasteiger partial charge is 0.410 e. The minimum atomic E-state index is -0.507. The average molecular weight is 236 g/mol. The van der Waals surface area contributed by atoms with Gasteiger partial charge in [0.05, 0.1) is 0 Å². The summed E-state index contributed by atoms with van der Waals surface area (Å²) in [5.74, 6) is 0.221. The summed E-state index contributed by atoms with van der Waals surface area (Å²) in [6.07, 6.45) is -0.507. The van der Waals surface area contributed by atoms with E-state index in [2.05, 4.69) is 10.6 Å². The van der Waals surface area contributed by atoms with E-state index >= 15 is 0 Å². The molecule has 0 heterocycles. The molecule has 0 bridgehead atoms. The minimum absolute atomic E-state index is 0.0210. The van der Waals surface area contributed by atoms with Gasteiger partial charge in [-0.1, -0.05) is 0 Å². The van der Waals surface area contributed by atoms with Gasteiger partial charge < -0.3 is 15.4 Å². The van der Waals surface area contributed by atoms with Crippen LogP contribution in [-0.4, -0.2) is 25.1 Å². The van der Waals surface area contributed by atoms with Gasteiger partial charge in [-0.3, -0.25) is 4.79 Å². The van der Waals surface area contributed by atoms with Gasteiger partial charge in [-0.25, -0.2) is 4.79 Å². The zero-order valence-corrected chi connectivity index (χ0v) is 10.1. The zero-order chi connectivity index (χ0) is 12.8. The lowest BCUT2D eigenvalue weighted by atomic mass is 10.2. The number of rotatable bonds is 3. The third-order valence-corrected chi connectivity index (χ3v) is 1.96. The van der Waals surface area contributed by atoms with Gasteiger partial charge in [-0.05, 0) is 38.1 Å². The van der Waals surface area contributed by atoms with Crippen LogP contribution in [-0.2, 0) is 0 Å². The van der Waals surface area contributed by atoms with Crippen molar-refractivity contribution in [3.8, 4) is 5.75 Å². The number of amides is 2. The molecule has 0 saturated carbocycles. The van der Waals surface area contributed by atoms with Gasteiger partial charge in [0.1, 0.15) is 5.75 Å². The molecule has 2 N–H and O–H groups in total. The maximum absolute atomic E-state index is 11.3. The molecule has 0 unspecified atom stereocenters. The number of ether oxygens (including phenoxy) is 1. The zero-order valence-electron chi connectivity index (χ0n) is 10.1. The van der Waals surface area contributed by atoms with Crippen molar-refractivity contribution in [1.82, 2.24) is 10.6 Å². The number of carbonyl (C=O) groups is 2.